The number of nitrogens with one attached hydrogen (secondary N) is 1. The molecule has 37 heavy (non-hydrogen) atoms. The van der Waals surface area contributed by atoms with Gasteiger partial charge < -0.3 is 14.6 Å². The number of rotatable bonds is 9. The highest BCUT2D eigenvalue weighted by atomic mass is 19.1. The zero-order valence-electron chi connectivity index (χ0n) is 20.6. The molecule has 0 aliphatic heterocycles. The van der Waals surface area contributed by atoms with E-state index in [2.05, 4.69) is 9.88 Å². The van der Waals surface area contributed by atoms with Crippen LogP contribution in [0.2, 0.25) is 0 Å². The molecule has 1 heterocycles. The second-order valence-corrected chi connectivity index (χ2v) is 8.95. The molecule has 5 aromatic rings. The average Bonchev–Trinajstić information content (AvgIpc) is 3.28. The van der Waals surface area contributed by atoms with E-state index in [9.17, 15) is 9.18 Å². The van der Waals surface area contributed by atoms with E-state index in [4.69, 9.17) is 9.72 Å². The summed E-state index contributed by atoms with van der Waals surface area (Å²) in [7, 11) is 0. The Hall–Kier alpha value is -4.45. The van der Waals surface area contributed by atoms with E-state index in [1.165, 1.54) is 17.7 Å². The monoisotopic (exact) mass is 493 g/mol. The molecule has 1 atom stereocenters. The molecule has 0 saturated heterocycles. The molecule has 1 unspecified atom stereocenters. The highest BCUT2D eigenvalue weighted by molar-refractivity contribution is 5.97. The number of hydrogen-bond donors (Lipinski definition) is 1. The summed E-state index contributed by atoms with van der Waals surface area (Å²) in [5, 5.41) is 3.00. The van der Waals surface area contributed by atoms with Crippen LogP contribution in [0.15, 0.2) is 103 Å². The molecule has 4 aromatic carbocycles. The minimum absolute atomic E-state index is 0.138. The molecule has 1 N–H and O–H groups in total. The first kappa shape index (κ1) is 24.3. The normalized spacial score (nSPS) is 11.8. The van der Waals surface area contributed by atoms with Gasteiger partial charge in [0.15, 0.2) is 11.9 Å². The summed E-state index contributed by atoms with van der Waals surface area (Å²) in [5.74, 6) is 1.06. The van der Waals surface area contributed by atoms with Gasteiger partial charge in [-0.2, -0.15) is 0 Å². The number of benzene rings is 4. The predicted octanol–water partition coefficient (Wildman–Crippen LogP) is 6.34. The van der Waals surface area contributed by atoms with Gasteiger partial charge in [-0.15, -0.1) is 0 Å². The minimum atomic E-state index is -0.349. The number of amides is 1. The number of fused-ring (bicyclic) bond motifs is 1. The number of aromatic nitrogens is 2. The minimum Gasteiger partial charge on any atom is -0.483 e. The van der Waals surface area contributed by atoms with Gasteiger partial charge in [0.05, 0.1) is 11.0 Å². The molecule has 0 radical (unpaired) electrons. The molecule has 186 valence electrons. The number of imidazole rings is 1. The summed E-state index contributed by atoms with van der Waals surface area (Å²) in [6, 6.07) is 31.6. The van der Waals surface area contributed by atoms with Crippen molar-refractivity contribution in [3.05, 3.63) is 131 Å². The summed E-state index contributed by atoms with van der Waals surface area (Å²) in [4.78, 5) is 17.7. The summed E-state index contributed by atoms with van der Waals surface area (Å²) in [6.45, 7) is 3.00. The van der Waals surface area contributed by atoms with E-state index in [1.54, 1.807) is 12.1 Å². The third kappa shape index (κ3) is 5.86. The zero-order chi connectivity index (χ0) is 25.6. The molecule has 6 heteroatoms. The number of carbonyl (C=O) groups excluding carboxylic acids is 1. The second-order valence-electron chi connectivity index (χ2n) is 8.95. The quantitative estimate of drug-likeness (QED) is 0.261. The van der Waals surface area contributed by atoms with Crippen LogP contribution in [0.25, 0.3) is 11.0 Å². The average molecular weight is 494 g/mol. The molecule has 5 rings (SSSR count). The van der Waals surface area contributed by atoms with Crippen LogP contribution in [0.3, 0.4) is 0 Å². The molecule has 0 aliphatic rings. The van der Waals surface area contributed by atoms with Crippen molar-refractivity contribution in [2.75, 3.05) is 6.54 Å². The van der Waals surface area contributed by atoms with Gasteiger partial charge in [-0.1, -0.05) is 60.7 Å². The number of para-hydroxylation sites is 1. The largest absolute Gasteiger partial charge is 0.483 e. The molecule has 0 aliphatic carbocycles. The molecule has 5 nitrogen and oxygen atoms in total. The van der Waals surface area contributed by atoms with E-state index in [0.29, 0.717) is 24.2 Å². The van der Waals surface area contributed by atoms with Gasteiger partial charge in [-0.25, -0.2) is 9.37 Å². The summed E-state index contributed by atoms with van der Waals surface area (Å²) in [5.41, 5.74) is 4.25. The standard InChI is InChI=1S/C31H28FN3O2/c1-22(37-27-10-6-3-7-11-27)30-34-28-20-25(31(36)33-19-18-23-8-4-2-5-9-23)14-17-29(28)35(30)21-24-12-15-26(32)16-13-24/h2-17,20,22H,18-19,21H2,1H3,(H,33,36). The van der Waals surface area contributed by atoms with Crippen molar-refractivity contribution in [1.82, 2.24) is 14.9 Å². The Morgan fingerprint density at radius 1 is 0.919 bits per heavy atom. The number of hydrogen-bond acceptors (Lipinski definition) is 3. The van der Waals surface area contributed by atoms with E-state index < -0.39 is 0 Å². The fourth-order valence-electron chi connectivity index (χ4n) is 4.36. The van der Waals surface area contributed by atoms with E-state index in [-0.39, 0.29) is 17.8 Å². The molecule has 1 aromatic heterocycles. The lowest BCUT2D eigenvalue weighted by Crippen LogP contribution is -2.25. The second kappa shape index (κ2) is 11.1. The Balaban J connectivity index is 1.41. The fourth-order valence-corrected chi connectivity index (χ4v) is 4.36. The maximum Gasteiger partial charge on any atom is 0.251 e. The number of carbonyl (C=O) groups is 1. The Bertz CT molecular complexity index is 1480. The number of ether oxygens (including phenoxy) is 1. The Kier molecular flexibility index (Phi) is 7.26. The van der Waals surface area contributed by atoms with Crippen LogP contribution in [-0.4, -0.2) is 22.0 Å². The van der Waals surface area contributed by atoms with Crippen molar-refractivity contribution in [3.63, 3.8) is 0 Å². The van der Waals surface area contributed by atoms with Crippen LogP contribution >= 0.6 is 0 Å². The molecule has 0 spiro atoms. The highest BCUT2D eigenvalue weighted by Crippen LogP contribution is 2.27. The van der Waals surface area contributed by atoms with Crippen LogP contribution in [0, 0.1) is 5.82 Å². The first-order valence-corrected chi connectivity index (χ1v) is 12.4. The highest BCUT2D eigenvalue weighted by Gasteiger charge is 2.20. The van der Waals surface area contributed by atoms with E-state index in [0.717, 1.165) is 29.1 Å². The summed E-state index contributed by atoms with van der Waals surface area (Å²) < 4.78 is 21.7. The topological polar surface area (TPSA) is 56.1 Å². The van der Waals surface area contributed by atoms with Gasteiger partial charge in [-0.3, -0.25) is 4.79 Å². The Labute approximate surface area is 215 Å². The third-order valence-corrected chi connectivity index (χ3v) is 6.26. The fraction of sp³-hybridized carbons (Fsp3) is 0.161. The third-order valence-electron chi connectivity index (χ3n) is 6.26. The zero-order valence-corrected chi connectivity index (χ0v) is 20.6. The molecular formula is C31H28FN3O2. The SMILES string of the molecule is CC(Oc1ccccc1)c1nc2cc(C(=O)NCCc3ccccc3)ccc2n1Cc1ccc(F)cc1. The maximum absolute atomic E-state index is 13.5. The first-order chi connectivity index (χ1) is 18.1. The van der Waals surface area contributed by atoms with Crippen molar-refractivity contribution in [2.45, 2.75) is 26.0 Å². The van der Waals surface area contributed by atoms with Gasteiger partial charge in [0.1, 0.15) is 11.6 Å². The van der Waals surface area contributed by atoms with Gasteiger partial charge >= 0.3 is 0 Å². The van der Waals surface area contributed by atoms with Crippen LogP contribution in [0.1, 0.15) is 40.3 Å². The van der Waals surface area contributed by atoms with E-state index >= 15 is 0 Å². The maximum atomic E-state index is 13.5. The molecule has 0 bridgehead atoms. The summed E-state index contributed by atoms with van der Waals surface area (Å²) >= 11 is 0. The van der Waals surface area contributed by atoms with Crippen LogP contribution < -0.4 is 10.1 Å². The van der Waals surface area contributed by atoms with Crippen molar-refractivity contribution in [1.29, 1.82) is 0 Å². The van der Waals surface area contributed by atoms with Crippen LogP contribution in [0.5, 0.6) is 5.75 Å². The number of halogens is 1. The molecule has 0 fully saturated rings. The van der Waals surface area contributed by atoms with Gasteiger partial charge in [0.2, 0.25) is 0 Å². The Morgan fingerprint density at radius 2 is 1.62 bits per heavy atom. The Morgan fingerprint density at radius 3 is 2.35 bits per heavy atom. The molecular weight excluding hydrogens is 465 g/mol. The predicted molar refractivity (Wildman–Crippen MR) is 143 cm³/mol. The smallest absolute Gasteiger partial charge is 0.251 e. The van der Waals surface area contributed by atoms with Gasteiger partial charge in [0, 0.05) is 18.7 Å². The lowest BCUT2D eigenvalue weighted by atomic mass is 10.1. The molecule has 1 amide bonds. The summed E-state index contributed by atoms with van der Waals surface area (Å²) in [6.07, 6.45) is 0.415. The van der Waals surface area contributed by atoms with Crippen molar-refractivity contribution in [3.8, 4) is 5.75 Å². The van der Waals surface area contributed by atoms with Crippen molar-refractivity contribution >= 4 is 16.9 Å². The lowest BCUT2D eigenvalue weighted by molar-refractivity contribution is 0.0954. The van der Waals surface area contributed by atoms with Crippen LogP contribution in [-0.2, 0) is 13.0 Å². The van der Waals surface area contributed by atoms with Crippen LogP contribution in [0.4, 0.5) is 4.39 Å². The van der Waals surface area contributed by atoms with E-state index in [1.807, 2.05) is 85.8 Å². The first-order valence-electron chi connectivity index (χ1n) is 12.4. The van der Waals surface area contributed by atoms with Gasteiger partial charge in [-0.05, 0) is 66.9 Å². The van der Waals surface area contributed by atoms with Gasteiger partial charge in [0.25, 0.3) is 5.91 Å². The van der Waals surface area contributed by atoms with Crippen molar-refractivity contribution < 1.29 is 13.9 Å². The number of nitrogens with zero attached hydrogens (tertiary/aromatic N) is 2. The van der Waals surface area contributed by atoms with Crippen molar-refractivity contribution in [2.24, 2.45) is 0 Å². The lowest BCUT2D eigenvalue weighted by Gasteiger charge is -2.17. The molecule has 0 saturated carbocycles.